The van der Waals surface area contributed by atoms with E-state index in [1.165, 1.54) is 5.56 Å². The zero-order valence-electron chi connectivity index (χ0n) is 9.29. The molecule has 17 heavy (non-hydrogen) atoms. The second-order valence-electron chi connectivity index (χ2n) is 3.70. The normalized spacial score (nSPS) is 13.0. The van der Waals surface area contributed by atoms with Crippen LogP contribution in [0.15, 0.2) is 29.7 Å². The van der Waals surface area contributed by atoms with E-state index < -0.39 is 0 Å². The minimum absolute atomic E-state index is 0.315. The van der Waals surface area contributed by atoms with Crippen LogP contribution in [-0.4, -0.2) is 21.6 Å². The van der Waals surface area contributed by atoms with Gasteiger partial charge in [0.2, 0.25) is 6.79 Å². The van der Waals surface area contributed by atoms with Crippen LogP contribution < -0.4 is 9.47 Å². The van der Waals surface area contributed by atoms with Gasteiger partial charge >= 0.3 is 0 Å². The third-order valence-electron chi connectivity index (χ3n) is 2.47. The van der Waals surface area contributed by atoms with Crippen molar-refractivity contribution in [3.8, 4) is 11.5 Å². The van der Waals surface area contributed by atoms with Crippen LogP contribution in [0.2, 0.25) is 0 Å². The number of thioether (sulfide) groups is 1. The Hall–Kier alpha value is -1.69. The highest BCUT2D eigenvalue weighted by molar-refractivity contribution is 7.98. The molecule has 1 aliphatic heterocycles. The van der Waals surface area contributed by atoms with Crippen LogP contribution in [0.5, 0.6) is 11.5 Å². The van der Waals surface area contributed by atoms with Gasteiger partial charge < -0.3 is 14.0 Å². The predicted molar refractivity (Wildman–Crippen MR) is 63.1 cm³/mol. The Balaban J connectivity index is 1.72. The van der Waals surface area contributed by atoms with Crippen LogP contribution in [0.3, 0.4) is 0 Å². The predicted octanol–water partition coefficient (Wildman–Crippen LogP) is 1.84. The first-order chi connectivity index (χ1) is 8.33. The average Bonchev–Trinajstić information content (AvgIpc) is 2.94. The highest BCUT2D eigenvalue weighted by atomic mass is 32.2. The number of hydrogen-bond donors (Lipinski definition) is 0. The van der Waals surface area contributed by atoms with Crippen LogP contribution in [-0.2, 0) is 12.8 Å². The molecular formula is C11H11N3O2S. The summed E-state index contributed by atoms with van der Waals surface area (Å²) in [6.07, 6.45) is 1.70. The molecule has 3 rings (SSSR count). The molecule has 0 atom stereocenters. The summed E-state index contributed by atoms with van der Waals surface area (Å²) in [5.41, 5.74) is 1.18. The van der Waals surface area contributed by atoms with E-state index in [1.54, 1.807) is 18.1 Å². The van der Waals surface area contributed by atoms with Crippen molar-refractivity contribution < 1.29 is 9.47 Å². The molecule has 0 fully saturated rings. The summed E-state index contributed by atoms with van der Waals surface area (Å²) < 4.78 is 12.5. The summed E-state index contributed by atoms with van der Waals surface area (Å²) in [6, 6.07) is 5.98. The van der Waals surface area contributed by atoms with E-state index in [0.717, 1.165) is 22.4 Å². The molecule has 0 N–H and O–H groups in total. The fraction of sp³-hybridized carbons (Fsp3) is 0.273. The first-order valence-electron chi connectivity index (χ1n) is 5.18. The van der Waals surface area contributed by atoms with Gasteiger partial charge in [0.25, 0.3) is 0 Å². The maximum absolute atomic E-state index is 5.34. The van der Waals surface area contributed by atoms with Crippen LogP contribution in [0.1, 0.15) is 5.56 Å². The monoisotopic (exact) mass is 249 g/mol. The summed E-state index contributed by atoms with van der Waals surface area (Å²) >= 11 is 1.65. The smallest absolute Gasteiger partial charge is 0.231 e. The van der Waals surface area contributed by atoms with Crippen molar-refractivity contribution in [2.24, 2.45) is 7.05 Å². The first kappa shape index (κ1) is 10.5. The third kappa shape index (κ3) is 2.08. The fourth-order valence-corrected chi connectivity index (χ4v) is 2.41. The molecule has 1 aliphatic rings. The first-order valence-corrected chi connectivity index (χ1v) is 6.17. The molecule has 0 unspecified atom stereocenters. The number of nitrogens with zero attached hydrogens (tertiary/aromatic N) is 3. The number of fused-ring (bicyclic) bond motifs is 1. The Labute approximate surface area is 103 Å². The Morgan fingerprint density at radius 1 is 1.35 bits per heavy atom. The Morgan fingerprint density at radius 3 is 3.06 bits per heavy atom. The minimum Gasteiger partial charge on any atom is -0.454 e. The summed E-state index contributed by atoms with van der Waals surface area (Å²) in [5, 5.41) is 8.77. The van der Waals surface area contributed by atoms with Crippen molar-refractivity contribution in [1.29, 1.82) is 0 Å². The molecule has 2 aromatic rings. The summed E-state index contributed by atoms with van der Waals surface area (Å²) in [4.78, 5) is 0. The van der Waals surface area contributed by atoms with E-state index in [2.05, 4.69) is 10.2 Å². The standard InChI is InChI=1S/C11H11N3O2S/c1-14-6-12-13-11(14)17-5-8-2-3-9-10(4-8)16-7-15-9/h2-4,6H,5,7H2,1H3. The van der Waals surface area contributed by atoms with E-state index in [-0.39, 0.29) is 0 Å². The lowest BCUT2D eigenvalue weighted by Gasteiger charge is -2.02. The van der Waals surface area contributed by atoms with Gasteiger partial charge in [-0.3, -0.25) is 0 Å². The van der Waals surface area contributed by atoms with Crippen LogP contribution >= 0.6 is 11.8 Å². The zero-order chi connectivity index (χ0) is 11.7. The van der Waals surface area contributed by atoms with Gasteiger partial charge in [-0.25, -0.2) is 0 Å². The van der Waals surface area contributed by atoms with Gasteiger partial charge in [-0.2, -0.15) is 0 Å². The Bertz CT molecular complexity index is 541. The van der Waals surface area contributed by atoms with Gasteiger partial charge in [0.1, 0.15) is 6.33 Å². The second kappa shape index (κ2) is 4.29. The number of rotatable bonds is 3. The van der Waals surface area contributed by atoms with Crippen molar-refractivity contribution >= 4 is 11.8 Å². The molecular weight excluding hydrogens is 238 g/mol. The van der Waals surface area contributed by atoms with E-state index in [0.29, 0.717) is 6.79 Å². The fourth-order valence-electron chi connectivity index (χ4n) is 1.58. The maximum atomic E-state index is 5.34. The molecule has 0 aliphatic carbocycles. The highest BCUT2D eigenvalue weighted by Crippen LogP contribution is 2.34. The molecule has 0 saturated heterocycles. The van der Waals surface area contributed by atoms with Gasteiger partial charge in [-0.1, -0.05) is 17.8 Å². The SMILES string of the molecule is Cn1cnnc1SCc1ccc2c(c1)OCO2. The average molecular weight is 249 g/mol. The topological polar surface area (TPSA) is 49.2 Å². The van der Waals surface area contributed by atoms with Crippen molar-refractivity contribution in [2.45, 2.75) is 10.9 Å². The van der Waals surface area contributed by atoms with Crippen LogP contribution in [0, 0.1) is 0 Å². The van der Waals surface area contributed by atoms with E-state index in [1.807, 2.05) is 29.8 Å². The number of aromatic nitrogens is 3. The van der Waals surface area contributed by atoms with Crippen molar-refractivity contribution in [3.63, 3.8) is 0 Å². The number of benzene rings is 1. The van der Waals surface area contributed by atoms with Gasteiger partial charge in [0.05, 0.1) is 0 Å². The van der Waals surface area contributed by atoms with Gasteiger partial charge in [-0.05, 0) is 17.7 Å². The summed E-state index contributed by atoms with van der Waals surface area (Å²) in [6.45, 7) is 0.315. The largest absolute Gasteiger partial charge is 0.454 e. The molecule has 0 amide bonds. The van der Waals surface area contributed by atoms with Crippen molar-refractivity contribution in [3.05, 3.63) is 30.1 Å². The number of ether oxygens (including phenoxy) is 2. The number of aryl methyl sites for hydroxylation is 1. The molecule has 6 heteroatoms. The molecule has 0 bridgehead atoms. The minimum atomic E-state index is 0.315. The third-order valence-corrected chi connectivity index (χ3v) is 3.58. The molecule has 2 heterocycles. The molecule has 1 aromatic carbocycles. The Kier molecular flexibility index (Phi) is 2.64. The Morgan fingerprint density at radius 2 is 2.24 bits per heavy atom. The summed E-state index contributed by atoms with van der Waals surface area (Å²) in [5.74, 6) is 2.47. The van der Waals surface area contributed by atoms with E-state index >= 15 is 0 Å². The van der Waals surface area contributed by atoms with Gasteiger partial charge in [0.15, 0.2) is 16.7 Å². The lowest BCUT2D eigenvalue weighted by Crippen LogP contribution is -1.93. The quantitative estimate of drug-likeness (QED) is 0.777. The zero-order valence-corrected chi connectivity index (χ0v) is 10.1. The van der Waals surface area contributed by atoms with Crippen LogP contribution in [0.4, 0.5) is 0 Å². The molecule has 88 valence electrons. The van der Waals surface area contributed by atoms with Crippen LogP contribution in [0.25, 0.3) is 0 Å². The maximum Gasteiger partial charge on any atom is 0.231 e. The van der Waals surface area contributed by atoms with Gasteiger partial charge in [0, 0.05) is 12.8 Å². The molecule has 0 spiro atoms. The lowest BCUT2D eigenvalue weighted by atomic mass is 10.2. The molecule has 5 nitrogen and oxygen atoms in total. The molecule has 0 radical (unpaired) electrons. The van der Waals surface area contributed by atoms with E-state index in [9.17, 15) is 0 Å². The molecule has 0 saturated carbocycles. The van der Waals surface area contributed by atoms with Crippen molar-refractivity contribution in [2.75, 3.05) is 6.79 Å². The number of hydrogen-bond acceptors (Lipinski definition) is 5. The lowest BCUT2D eigenvalue weighted by molar-refractivity contribution is 0.174. The van der Waals surface area contributed by atoms with Crippen molar-refractivity contribution in [1.82, 2.24) is 14.8 Å². The van der Waals surface area contributed by atoms with E-state index in [4.69, 9.17) is 9.47 Å². The second-order valence-corrected chi connectivity index (χ2v) is 4.64. The van der Waals surface area contributed by atoms with Gasteiger partial charge in [-0.15, -0.1) is 10.2 Å². The molecule has 1 aromatic heterocycles. The highest BCUT2D eigenvalue weighted by Gasteiger charge is 2.13. The summed E-state index contributed by atoms with van der Waals surface area (Å²) in [7, 11) is 1.93.